The van der Waals surface area contributed by atoms with Gasteiger partial charge in [0.1, 0.15) is 0 Å². The second-order valence-electron chi connectivity index (χ2n) is 7.59. The second kappa shape index (κ2) is 9.35. The van der Waals surface area contributed by atoms with Crippen LogP contribution < -0.4 is 0 Å². The van der Waals surface area contributed by atoms with Crippen LogP contribution in [0, 0.1) is 5.92 Å². The van der Waals surface area contributed by atoms with Gasteiger partial charge < -0.3 is 5.11 Å². The molecular formula is C21H32N2O2. The summed E-state index contributed by atoms with van der Waals surface area (Å²) in [5, 5.41) is 13.5. The molecule has 0 radical (unpaired) electrons. The molecule has 1 aromatic rings. The Hall–Kier alpha value is -1.39. The van der Waals surface area contributed by atoms with Gasteiger partial charge in [-0.1, -0.05) is 49.6 Å². The van der Waals surface area contributed by atoms with Crippen molar-refractivity contribution < 1.29 is 9.90 Å². The van der Waals surface area contributed by atoms with E-state index >= 15 is 0 Å². The minimum absolute atomic E-state index is 0.0491. The predicted molar refractivity (Wildman–Crippen MR) is 99.9 cm³/mol. The van der Waals surface area contributed by atoms with Crippen LogP contribution in [-0.2, 0) is 11.2 Å². The first-order chi connectivity index (χ1) is 12.3. The summed E-state index contributed by atoms with van der Waals surface area (Å²) >= 11 is 0. The van der Waals surface area contributed by atoms with Crippen molar-refractivity contribution in [1.82, 2.24) is 10.0 Å². The third-order valence-electron chi connectivity index (χ3n) is 5.76. The van der Waals surface area contributed by atoms with Crippen LogP contribution in [0.5, 0.6) is 0 Å². The number of amides is 1. The molecule has 138 valence electrons. The number of benzene rings is 1. The number of nitrogens with zero attached hydrogens (tertiary/aromatic N) is 2. The van der Waals surface area contributed by atoms with Crippen molar-refractivity contribution in [2.45, 2.75) is 63.8 Å². The van der Waals surface area contributed by atoms with E-state index in [1.807, 2.05) is 5.01 Å². The van der Waals surface area contributed by atoms with Gasteiger partial charge in [-0.15, -0.1) is 0 Å². The van der Waals surface area contributed by atoms with E-state index < -0.39 is 0 Å². The Morgan fingerprint density at radius 3 is 2.36 bits per heavy atom. The fraction of sp³-hybridized carbons (Fsp3) is 0.667. The van der Waals surface area contributed by atoms with Crippen LogP contribution in [0.3, 0.4) is 0 Å². The monoisotopic (exact) mass is 344 g/mol. The molecule has 0 unspecified atom stereocenters. The van der Waals surface area contributed by atoms with E-state index in [0.29, 0.717) is 12.0 Å². The van der Waals surface area contributed by atoms with Gasteiger partial charge in [0.2, 0.25) is 5.91 Å². The zero-order valence-corrected chi connectivity index (χ0v) is 15.3. The molecule has 1 saturated heterocycles. The molecule has 1 amide bonds. The summed E-state index contributed by atoms with van der Waals surface area (Å²) in [6.45, 7) is 1.88. The molecule has 4 heteroatoms. The van der Waals surface area contributed by atoms with Gasteiger partial charge in [0.05, 0.1) is 13.0 Å². The Kier molecular flexibility index (Phi) is 6.88. The number of aliphatic hydroxyl groups excluding tert-OH is 1. The Labute approximate surface area is 151 Å². The standard InChI is InChI=1S/C21H32N2O2/c24-16-13-21(25)23(20-9-5-2-6-10-20)22-14-11-19(12-15-22)17-18-7-3-1-4-8-18/h1,3-4,7-8,19-20,24H,2,5-6,9-17H2. The highest BCUT2D eigenvalue weighted by Crippen LogP contribution is 2.28. The van der Waals surface area contributed by atoms with Gasteiger partial charge >= 0.3 is 0 Å². The van der Waals surface area contributed by atoms with Gasteiger partial charge in [-0.25, -0.2) is 5.01 Å². The Bertz CT molecular complexity index is 520. The molecule has 1 aliphatic carbocycles. The lowest BCUT2D eigenvalue weighted by molar-refractivity contribution is -0.161. The fourth-order valence-electron chi connectivity index (χ4n) is 4.41. The van der Waals surface area contributed by atoms with Gasteiger partial charge in [0.25, 0.3) is 0 Å². The molecule has 0 aromatic heterocycles. The van der Waals surface area contributed by atoms with Crippen LogP contribution in [-0.4, -0.2) is 46.8 Å². The summed E-state index contributed by atoms with van der Waals surface area (Å²) in [5.41, 5.74) is 1.42. The summed E-state index contributed by atoms with van der Waals surface area (Å²) in [6.07, 6.45) is 9.63. The lowest BCUT2D eigenvalue weighted by atomic mass is 9.90. The quantitative estimate of drug-likeness (QED) is 0.860. The van der Waals surface area contributed by atoms with E-state index in [9.17, 15) is 9.90 Å². The number of hydrogen-bond acceptors (Lipinski definition) is 3. The molecule has 1 saturated carbocycles. The third kappa shape index (κ3) is 5.05. The highest BCUT2D eigenvalue weighted by Gasteiger charge is 2.32. The Morgan fingerprint density at radius 1 is 1.04 bits per heavy atom. The van der Waals surface area contributed by atoms with Crippen molar-refractivity contribution in [2.75, 3.05) is 19.7 Å². The molecule has 1 aliphatic heterocycles. The topological polar surface area (TPSA) is 43.8 Å². The number of aliphatic hydroxyl groups is 1. The average Bonchev–Trinajstić information content (AvgIpc) is 2.65. The van der Waals surface area contributed by atoms with E-state index in [1.165, 1.54) is 24.8 Å². The number of hydrazine groups is 1. The van der Waals surface area contributed by atoms with Crippen molar-refractivity contribution in [2.24, 2.45) is 5.92 Å². The molecule has 0 bridgehead atoms. The van der Waals surface area contributed by atoms with Crippen molar-refractivity contribution in [3.63, 3.8) is 0 Å². The van der Waals surface area contributed by atoms with Crippen LogP contribution in [0.1, 0.15) is 56.9 Å². The summed E-state index contributed by atoms with van der Waals surface area (Å²) in [5.74, 6) is 0.815. The molecule has 0 atom stereocenters. The molecule has 3 rings (SSSR count). The normalized spacial score (nSPS) is 20.5. The maximum absolute atomic E-state index is 12.6. The zero-order valence-electron chi connectivity index (χ0n) is 15.3. The highest BCUT2D eigenvalue weighted by atomic mass is 16.3. The van der Waals surface area contributed by atoms with E-state index in [0.717, 1.165) is 45.2 Å². The predicted octanol–water partition coefficient (Wildman–Crippen LogP) is 3.40. The van der Waals surface area contributed by atoms with Crippen LogP contribution in [0.25, 0.3) is 0 Å². The molecule has 4 nitrogen and oxygen atoms in total. The summed E-state index contributed by atoms with van der Waals surface area (Å²) in [6, 6.07) is 11.1. The molecule has 1 aromatic carbocycles. The highest BCUT2D eigenvalue weighted by molar-refractivity contribution is 5.76. The van der Waals surface area contributed by atoms with E-state index in [2.05, 4.69) is 35.3 Å². The molecule has 1 heterocycles. The minimum Gasteiger partial charge on any atom is -0.396 e. The zero-order chi connectivity index (χ0) is 17.5. The maximum atomic E-state index is 12.6. The third-order valence-corrected chi connectivity index (χ3v) is 5.76. The lowest BCUT2D eigenvalue weighted by Crippen LogP contribution is -2.55. The number of carbonyl (C=O) groups excluding carboxylic acids is 1. The van der Waals surface area contributed by atoms with Gasteiger partial charge in [0.15, 0.2) is 0 Å². The molecule has 0 spiro atoms. The van der Waals surface area contributed by atoms with Crippen molar-refractivity contribution in [3.05, 3.63) is 35.9 Å². The molecular weight excluding hydrogens is 312 g/mol. The van der Waals surface area contributed by atoms with E-state index in [4.69, 9.17) is 0 Å². The number of rotatable bonds is 6. The number of hydrogen-bond donors (Lipinski definition) is 1. The number of carbonyl (C=O) groups is 1. The molecule has 1 N–H and O–H groups in total. The Morgan fingerprint density at radius 2 is 1.72 bits per heavy atom. The number of piperidine rings is 1. The largest absolute Gasteiger partial charge is 0.396 e. The van der Waals surface area contributed by atoms with Crippen molar-refractivity contribution in [1.29, 1.82) is 0 Å². The Balaban J connectivity index is 1.58. The first-order valence-corrected chi connectivity index (χ1v) is 9.99. The van der Waals surface area contributed by atoms with E-state index in [1.54, 1.807) is 0 Å². The SMILES string of the molecule is O=C(CCO)N(C1CCCCC1)N1CCC(Cc2ccccc2)CC1. The second-order valence-corrected chi connectivity index (χ2v) is 7.59. The van der Waals surface area contributed by atoms with Gasteiger partial charge in [-0.3, -0.25) is 9.80 Å². The van der Waals surface area contributed by atoms with E-state index in [-0.39, 0.29) is 18.9 Å². The van der Waals surface area contributed by atoms with Gasteiger partial charge in [0, 0.05) is 19.1 Å². The minimum atomic E-state index is -0.0491. The molecule has 2 aliphatic rings. The smallest absolute Gasteiger partial charge is 0.239 e. The first kappa shape index (κ1) is 18.4. The molecule has 25 heavy (non-hydrogen) atoms. The van der Waals surface area contributed by atoms with Crippen LogP contribution in [0.15, 0.2) is 30.3 Å². The molecule has 2 fully saturated rings. The fourth-order valence-corrected chi connectivity index (χ4v) is 4.41. The average molecular weight is 344 g/mol. The maximum Gasteiger partial charge on any atom is 0.239 e. The summed E-state index contributed by atoms with van der Waals surface area (Å²) < 4.78 is 0. The summed E-state index contributed by atoms with van der Waals surface area (Å²) in [4.78, 5) is 12.6. The lowest BCUT2D eigenvalue weighted by Gasteiger charge is -2.45. The van der Waals surface area contributed by atoms with Crippen LogP contribution in [0.2, 0.25) is 0 Å². The van der Waals surface area contributed by atoms with Gasteiger partial charge in [-0.2, -0.15) is 0 Å². The van der Waals surface area contributed by atoms with Crippen LogP contribution in [0.4, 0.5) is 0 Å². The van der Waals surface area contributed by atoms with Crippen molar-refractivity contribution >= 4 is 5.91 Å². The van der Waals surface area contributed by atoms with Crippen LogP contribution >= 0.6 is 0 Å². The first-order valence-electron chi connectivity index (χ1n) is 9.99. The van der Waals surface area contributed by atoms with Crippen molar-refractivity contribution in [3.8, 4) is 0 Å². The van der Waals surface area contributed by atoms with Gasteiger partial charge in [-0.05, 0) is 43.6 Å². The summed E-state index contributed by atoms with van der Waals surface area (Å²) in [7, 11) is 0.